The fraction of sp³-hybridized carbons (Fsp3) is 0.714. The summed E-state index contributed by atoms with van der Waals surface area (Å²) in [5.74, 6) is -1.04. The number of rotatable bonds is 5. The van der Waals surface area contributed by atoms with E-state index >= 15 is 0 Å². The first-order valence-electron chi connectivity index (χ1n) is 7.59. The van der Waals surface area contributed by atoms with Crippen molar-refractivity contribution in [1.82, 2.24) is 10.2 Å². The van der Waals surface area contributed by atoms with Gasteiger partial charge in [0.15, 0.2) is 4.08 Å². The topological polar surface area (TPSA) is 126 Å². The average Bonchev–Trinajstić information content (AvgIpc) is 2.85. The van der Waals surface area contributed by atoms with Crippen molar-refractivity contribution in [3.8, 4) is 6.07 Å². The van der Waals surface area contributed by atoms with Gasteiger partial charge in [0.2, 0.25) is 5.91 Å². The number of thioether (sulfide) groups is 2. The third-order valence-corrected chi connectivity index (χ3v) is 7.73. The van der Waals surface area contributed by atoms with Gasteiger partial charge in [-0.05, 0) is 6.92 Å². The molecule has 0 aromatic heterocycles. The van der Waals surface area contributed by atoms with Crippen LogP contribution in [0.1, 0.15) is 13.3 Å². The number of aliphatic hydroxyl groups is 1. The largest absolute Gasteiger partial charge is 0.480 e. The number of carboxylic acids is 1. The highest BCUT2D eigenvalue weighted by molar-refractivity contribution is 8.20. The molecule has 24 heavy (non-hydrogen) atoms. The normalized spacial score (nSPS) is 36.0. The number of carboxylic acid groups (broad SMARTS) is 1. The molecule has 0 bridgehead atoms. The second-order valence-electron chi connectivity index (χ2n) is 6.04. The summed E-state index contributed by atoms with van der Waals surface area (Å²) >= 11 is 2.54. The van der Waals surface area contributed by atoms with Crippen LogP contribution in [0.15, 0.2) is 4.99 Å². The van der Waals surface area contributed by atoms with Gasteiger partial charge in [-0.1, -0.05) is 0 Å². The molecule has 3 heterocycles. The number of aliphatic imine (C=N–C) groups is 1. The number of nitrogens with zero attached hydrogens (tertiary/aromatic N) is 3. The minimum Gasteiger partial charge on any atom is -0.480 e. The second kappa shape index (κ2) is 6.46. The minimum atomic E-state index is -1.14. The Balaban J connectivity index is 1.70. The summed E-state index contributed by atoms with van der Waals surface area (Å²) in [6.45, 7) is 2.68. The van der Waals surface area contributed by atoms with Crippen LogP contribution >= 0.6 is 23.5 Å². The van der Waals surface area contributed by atoms with Crippen molar-refractivity contribution >= 4 is 41.2 Å². The summed E-state index contributed by atoms with van der Waals surface area (Å²) in [6, 6.07) is 2.03. The molecule has 5 atom stereocenters. The van der Waals surface area contributed by atoms with Crippen molar-refractivity contribution in [2.24, 2.45) is 10.9 Å². The molecule has 0 radical (unpaired) electrons. The van der Waals surface area contributed by atoms with Crippen LogP contribution in [0.25, 0.3) is 0 Å². The van der Waals surface area contributed by atoms with E-state index in [0.29, 0.717) is 18.9 Å². The molecule has 3 rings (SSSR count). The van der Waals surface area contributed by atoms with E-state index < -0.39 is 22.1 Å². The molecule has 2 fully saturated rings. The number of nitriles is 1. The molecule has 0 aromatic carbocycles. The summed E-state index contributed by atoms with van der Waals surface area (Å²) in [6.07, 6.45) is -0.563. The van der Waals surface area contributed by atoms with Gasteiger partial charge in [0.1, 0.15) is 5.84 Å². The first-order chi connectivity index (χ1) is 11.4. The molecule has 0 aromatic rings. The summed E-state index contributed by atoms with van der Waals surface area (Å²) in [7, 11) is 0. The third kappa shape index (κ3) is 2.85. The number of hydrogen-bond donors (Lipinski definition) is 3. The van der Waals surface area contributed by atoms with Crippen molar-refractivity contribution in [1.29, 1.82) is 5.26 Å². The van der Waals surface area contributed by atoms with Crippen molar-refractivity contribution in [3.63, 3.8) is 0 Å². The highest BCUT2D eigenvalue weighted by atomic mass is 32.2. The number of fused-ring (bicyclic) bond motifs is 1. The molecule has 8 nitrogen and oxygen atoms in total. The van der Waals surface area contributed by atoms with E-state index in [4.69, 9.17) is 5.26 Å². The maximum absolute atomic E-state index is 12.1. The lowest BCUT2D eigenvalue weighted by atomic mass is 9.93. The summed E-state index contributed by atoms with van der Waals surface area (Å²) in [4.78, 5) is 29.8. The average molecular weight is 370 g/mol. The van der Waals surface area contributed by atoms with Crippen molar-refractivity contribution in [2.45, 2.75) is 34.2 Å². The Bertz CT molecular complexity index is 635. The van der Waals surface area contributed by atoms with Crippen LogP contribution in [0.4, 0.5) is 0 Å². The number of aliphatic carboxylic acids is 1. The highest BCUT2D eigenvalue weighted by Gasteiger charge is 2.63. The molecule has 4 unspecified atom stereocenters. The Kier molecular flexibility index (Phi) is 4.68. The number of β-lactam (4-membered cyclic amide) rings is 1. The maximum Gasteiger partial charge on any atom is 0.332 e. The molecule has 0 spiro atoms. The number of hydrogen-bond acceptors (Lipinski definition) is 8. The Morgan fingerprint density at radius 3 is 3.00 bits per heavy atom. The van der Waals surface area contributed by atoms with Crippen LogP contribution in [0.3, 0.4) is 0 Å². The molecular weight excluding hydrogens is 352 g/mol. The van der Waals surface area contributed by atoms with Gasteiger partial charge in [-0.2, -0.15) is 5.26 Å². The number of nitrogens with one attached hydrogen (secondary N) is 1. The van der Waals surface area contributed by atoms with E-state index in [1.165, 1.54) is 23.5 Å². The predicted molar refractivity (Wildman–Crippen MR) is 90.5 cm³/mol. The SMILES string of the molecule is CC(O)C1C(=O)N2CC(SC3CN=C(CC#N)NC3)(C(=O)O)S[C@H]12. The lowest BCUT2D eigenvalue weighted by molar-refractivity contribution is -0.155. The zero-order chi connectivity index (χ0) is 17.5. The molecule has 2 saturated heterocycles. The van der Waals surface area contributed by atoms with Gasteiger partial charge in [-0.25, -0.2) is 4.79 Å². The van der Waals surface area contributed by atoms with Gasteiger partial charge < -0.3 is 20.4 Å². The Hall–Kier alpha value is -1.44. The quantitative estimate of drug-likeness (QED) is 0.563. The Labute approximate surface area is 147 Å². The van der Waals surface area contributed by atoms with E-state index in [2.05, 4.69) is 10.3 Å². The number of amides is 1. The molecule has 3 aliphatic rings. The van der Waals surface area contributed by atoms with Crippen LogP contribution < -0.4 is 5.32 Å². The van der Waals surface area contributed by atoms with Gasteiger partial charge in [0, 0.05) is 11.8 Å². The number of carbonyl (C=O) groups is 2. The Morgan fingerprint density at radius 2 is 2.46 bits per heavy atom. The fourth-order valence-electron chi connectivity index (χ4n) is 3.10. The third-order valence-electron chi connectivity index (χ3n) is 4.34. The summed E-state index contributed by atoms with van der Waals surface area (Å²) in [5, 5.41) is 30.9. The van der Waals surface area contributed by atoms with Crippen LogP contribution in [-0.4, -0.2) is 73.3 Å². The van der Waals surface area contributed by atoms with Gasteiger partial charge >= 0.3 is 5.97 Å². The van der Waals surface area contributed by atoms with E-state index in [9.17, 15) is 19.8 Å². The summed E-state index contributed by atoms with van der Waals surface area (Å²) < 4.78 is -1.14. The number of aliphatic hydroxyl groups excluding tert-OH is 1. The number of carbonyl (C=O) groups excluding carboxylic acids is 1. The van der Waals surface area contributed by atoms with Crippen molar-refractivity contribution in [2.75, 3.05) is 19.6 Å². The molecule has 3 N–H and O–H groups in total. The molecule has 0 aliphatic carbocycles. The zero-order valence-electron chi connectivity index (χ0n) is 13.0. The van der Waals surface area contributed by atoms with Gasteiger partial charge in [0.25, 0.3) is 0 Å². The molecule has 130 valence electrons. The van der Waals surface area contributed by atoms with Crippen LogP contribution in [-0.2, 0) is 9.59 Å². The first kappa shape index (κ1) is 17.4. The maximum atomic E-state index is 12.1. The number of amidine groups is 1. The second-order valence-corrected chi connectivity index (χ2v) is 9.32. The van der Waals surface area contributed by atoms with Crippen LogP contribution in [0.2, 0.25) is 0 Å². The summed E-state index contributed by atoms with van der Waals surface area (Å²) in [5.41, 5.74) is 0. The predicted octanol–water partition coefficient (Wildman–Crippen LogP) is -0.303. The molecule has 10 heteroatoms. The fourth-order valence-corrected chi connectivity index (χ4v) is 6.69. The zero-order valence-corrected chi connectivity index (χ0v) is 14.6. The lowest BCUT2D eigenvalue weighted by Crippen LogP contribution is -2.60. The highest BCUT2D eigenvalue weighted by Crippen LogP contribution is 2.56. The Morgan fingerprint density at radius 1 is 1.71 bits per heavy atom. The van der Waals surface area contributed by atoms with Gasteiger partial charge in [-0.15, -0.1) is 23.5 Å². The van der Waals surface area contributed by atoms with E-state index in [-0.39, 0.29) is 29.5 Å². The molecule has 3 aliphatic heterocycles. The van der Waals surface area contributed by atoms with E-state index in [0.717, 1.165) is 0 Å². The van der Waals surface area contributed by atoms with Crippen LogP contribution in [0, 0.1) is 17.2 Å². The van der Waals surface area contributed by atoms with E-state index in [1.54, 1.807) is 11.8 Å². The van der Waals surface area contributed by atoms with Gasteiger partial charge in [0.05, 0.1) is 43.0 Å². The smallest absolute Gasteiger partial charge is 0.332 e. The van der Waals surface area contributed by atoms with Crippen molar-refractivity contribution in [3.05, 3.63) is 0 Å². The monoisotopic (exact) mass is 370 g/mol. The van der Waals surface area contributed by atoms with Gasteiger partial charge in [-0.3, -0.25) is 9.79 Å². The van der Waals surface area contributed by atoms with E-state index in [1.807, 2.05) is 6.07 Å². The standard InChI is InChI=1S/C14H18N4O4S2/c1-7(19)10-11(20)18-6-14(13(21)22,24-12(10)18)23-8-4-16-9(2-3-15)17-5-8/h7-8,10,12,19H,2,4-6H2,1H3,(H,16,17)(H,21,22)/t7?,10?,12-,14?/m1/s1. The van der Waals surface area contributed by atoms with Crippen molar-refractivity contribution < 1.29 is 19.8 Å². The van der Waals surface area contributed by atoms with Crippen LogP contribution in [0.5, 0.6) is 0 Å². The molecule has 0 saturated carbocycles. The molecule has 1 amide bonds. The lowest BCUT2D eigenvalue weighted by Gasteiger charge is -2.42. The first-order valence-corrected chi connectivity index (χ1v) is 9.35. The molecular formula is C14H18N4O4S2. The minimum absolute atomic E-state index is 0.0464.